The fourth-order valence-electron chi connectivity index (χ4n) is 1.68. The molecular formula is C12H16ClF3N2. The van der Waals surface area contributed by atoms with E-state index in [0.29, 0.717) is 5.82 Å². The minimum atomic E-state index is -4.41. The third-order valence-corrected chi connectivity index (χ3v) is 2.71. The molecule has 0 fully saturated rings. The normalized spacial score (nSPS) is 11.7. The summed E-state index contributed by atoms with van der Waals surface area (Å²) < 4.78 is 37.5. The molecule has 0 amide bonds. The van der Waals surface area contributed by atoms with Crippen molar-refractivity contribution in [1.82, 2.24) is 4.98 Å². The quantitative estimate of drug-likeness (QED) is 0.796. The molecule has 0 saturated carbocycles. The number of nitrogens with zero attached hydrogens (tertiary/aromatic N) is 2. The Labute approximate surface area is 110 Å². The van der Waals surface area contributed by atoms with Crippen molar-refractivity contribution in [1.29, 1.82) is 0 Å². The van der Waals surface area contributed by atoms with Crippen LogP contribution in [0, 0.1) is 0 Å². The minimum absolute atomic E-state index is 0.0479. The van der Waals surface area contributed by atoms with Crippen LogP contribution < -0.4 is 4.90 Å². The van der Waals surface area contributed by atoms with E-state index < -0.39 is 11.7 Å². The third kappa shape index (κ3) is 3.77. The van der Waals surface area contributed by atoms with Crippen molar-refractivity contribution in [2.45, 2.75) is 32.9 Å². The Bertz CT molecular complexity index is 387. The second kappa shape index (κ2) is 6.27. The first-order chi connectivity index (χ1) is 8.40. The highest BCUT2D eigenvalue weighted by atomic mass is 35.5. The molecule has 102 valence electrons. The van der Waals surface area contributed by atoms with Crippen molar-refractivity contribution in [3.63, 3.8) is 0 Å². The van der Waals surface area contributed by atoms with E-state index in [4.69, 9.17) is 11.6 Å². The molecular weight excluding hydrogens is 265 g/mol. The van der Waals surface area contributed by atoms with Crippen LogP contribution in [0.25, 0.3) is 0 Å². The summed E-state index contributed by atoms with van der Waals surface area (Å²) in [5, 5.41) is 0.0479. The first-order valence-corrected chi connectivity index (χ1v) is 6.25. The number of hydrogen-bond acceptors (Lipinski definition) is 2. The van der Waals surface area contributed by atoms with Gasteiger partial charge in [0, 0.05) is 19.3 Å². The summed E-state index contributed by atoms with van der Waals surface area (Å²) in [6.45, 7) is 5.46. The number of halogens is 4. The average molecular weight is 281 g/mol. The monoisotopic (exact) mass is 280 g/mol. The number of pyridine rings is 1. The Morgan fingerprint density at radius 2 is 1.78 bits per heavy atom. The van der Waals surface area contributed by atoms with Gasteiger partial charge < -0.3 is 4.90 Å². The highest BCUT2D eigenvalue weighted by Crippen LogP contribution is 2.33. The van der Waals surface area contributed by atoms with Crippen molar-refractivity contribution in [2.24, 2.45) is 0 Å². The van der Waals surface area contributed by atoms with E-state index in [9.17, 15) is 13.2 Å². The van der Waals surface area contributed by atoms with Crippen molar-refractivity contribution in [2.75, 3.05) is 18.0 Å². The Morgan fingerprint density at radius 1 is 1.22 bits per heavy atom. The van der Waals surface area contributed by atoms with Crippen molar-refractivity contribution >= 4 is 17.4 Å². The Balaban J connectivity index is 3.03. The second-order valence-corrected chi connectivity index (χ2v) is 4.42. The standard InChI is InChI=1S/C12H16ClF3N2/c1-3-5-18(6-4-2)11-10(13)7-9(8-17-11)12(14,15)16/h7-8H,3-6H2,1-2H3. The molecule has 0 aliphatic heterocycles. The smallest absolute Gasteiger partial charge is 0.355 e. The molecule has 0 aliphatic rings. The van der Waals surface area contributed by atoms with Gasteiger partial charge in [0.25, 0.3) is 0 Å². The molecule has 0 unspecified atom stereocenters. The number of rotatable bonds is 5. The number of anilines is 1. The van der Waals surface area contributed by atoms with Crippen LogP contribution in [-0.4, -0.2) is 18.1 Å². The van der Waals surface area contributed by atoms with Crippen LogP contribution in [0.1, 0.15) is 32.3 Å². The molecule has 0 atom stereocenters. The summed E-state index contributed by atoms with van der Waals surface area (Å²) in [7, 11) is 0. The molecule has 0 N–H and O–H groups in total. The van der Waals surface area contributed by atoms with Crippen LogP contribution >= 0.6 is 11.6 Å². The first-order valence-electron chi connectivity index (χ1n) is 5.87. The molecule has 0 aromatic carbocycles. The van der Waals surface area contributed by atoms with E-state index >= 15 is 0 Å². The zero-order chi connectivity index (χ0) is 13.8. The molecule has 0 saturated heterocycles. The summed E-state index contributed by atoms with van der Waals surface area (Å²) in [6, 6.07) is 0.933. The maximum atomic E-state index is 12.5. The van der Waals surface area contributed by atoms with Gasteiger partial charge in [-0.1, -0.05) is 25.4 Å². The number of alkyl halides is 3. The van der Waals surface area contributed by atoms with Crippen molar-refractivity contribution in [3.05, 3.63) is 22.8 Å². The lowest BCUT2D eigenvalue weighted by Gasteiger charge is -2.23. The van der Waals surface area contributed by atoms with Gasteiger partial charge in [0.15, 0.2) is 0 Å². The van der Waals surface area contributed by atoms with Crippen molar-refractivity contribution < 1.29 is 13.2 Å². The lowest BCUT2D eigenvalue weighted by Crippen LogP contribution is -2.26. The average Bonchev–Trinajstić information content (AvgIpc) is 2.27. The predicted octanol–water partition coefficient (Wildman–Crippen LogP) is 4.38. The van der Waals surface area contributed by atoms with Crippen LogP contribution in [-0.2, 0) is 6.18 Å². The minimum Gasteiger partial charge on any atom is -0.355 e. The molecule has 1 heterocycles. The summed E-state index contributed by atoms with van der Waals surface area (Å²) in [4.78, 5) is 5.76. The molecule has 0 bridgehead atoms. The van der Waals surface area contributed by atoms with Gasteiger partial charge in [-0.25, -0.2) is 4.98 Å². The van der Waals surface area contributed by atoms with Gasteiger partial charge in [-0.05, 0) is 18.9 Å². The van der Waals surface area contributed by atoms with Crippen LogP contribution in [0.5, 0.6) is 0 Å². The van der Waals surface area contributed by atoms with E-state index in [1.54, 1.807) is 0 Å². The topological polar surface area (TPSA) is 16.1 Å². The maximum absolute atomic E-state index is 12.5. The summed E-state index contributed by atoms with van der Waals surface area (Å²) in [5.41, 5.74) is -0.816. The van der Waals surface area contributed by atoms with Crippen LogP contribution in [0.15, 0.2) is 12.3 Å². The van der Waals surface area contributed by atoms with Gasteiger partial charge in [0.1, 0.15) is 5.82 Å². The zero-order valence-electron chi connectivity index (χ0n) is 10.4. The van der Waals surface area contributed by atoms with E-state index in [1.807, 2.05) is 18.7 Å². The molecule has 1 aromatic heterocycles. The first kappa shape index (κ1) is 15.1. The number of aromatic nitrogens is 1. The molecule has 6 heteroatoms. The van der Waals surface area contributed by atoms with E-state index in [-0.39, 0.29) is 5.02 Å². The lowest BCUT2D eigenvalue weighted by atomic mass is 10.2. The second-order valence-electron chi connectivity index (χ2n) is 4.01. The predicted molar refractivity (Wildman–Crippen MR) is 67.0 cm³/mol. The molecule has 1 aromatic rings. The summed E-state index contributed by atoms with van der Waals surface area (Å²) in [6.07, 6.45) is -1.80. The maximum Gasteiger partial charge on any atom is 0.417 e. The van der Waals surface area contributed by atoms with E-state index in [2.05, 4.69) is 4.98 Å². The van der Waals surface area contributed by atoms with Gasteiger partial charge in [0.05, 0.1) is 10.6 Å². The van der Waals surface area contributed by atoms with Gasteiger partial charge in [0.2, 0.25) is 0 Å². The summed E-state index contributed by atoms with van der Waals surface area (Å²) in [5.74, 6) is 0.424. The van der Waals surface area contributed by atoms with E-state index in [0.717, 1.165) is 38.2 Å². The van der Waals surface area contributed by atoms with Crippen LogP contribution in [0.2, 0.25) is 5.02 Å². The fourth-order valence-corrected chi connectivity index (χ4v) is 1.97. The van der Waals surface area contributed by atoms with Crippen molar-refractivity contribution in [3.8, 4) is 0 Å². The van der Waals surface area contributed by atoms with Gasteiger partial charge in [-0.3, -0.25) is 0 Å². The van der Waals surface area contributed by atoms with Gasteiger partial charge in [-0.15, -0.1) is 0 Å². The molecule has 0 radical (unpaired) electrons. The van der Waals surface area contributed by atoms with Crippen LogP contribution in [0.3, 0.4) is 0 Å². The molecule has 0 spiro atoms. The fraction of sp³-hybridized carbons (Fsp3) is 0.583. The molecule has 0 aliphatic carbocycles. The van der Waals surface area contributed by atoms with Crippen LogP contribution in [0.4, 0.5) is 19.0 Å². The third-order valence-electron chi connectivity index (χ3n) is 2.44. The highest BCUT2D eigenvalue weighted by Gasteiger charge is 2.31. The van der Waals surface area contributed by atoms with Gasteiger partial charge in [-0.2, -0.15) is 13.2 Å². The Morgan fingerprint density at radius 3 is 2.17 bits per heavy atom. The SMILES string of the molecule is CCCN(CCC)c1ncc(C(F)(F)F)cc1Cl. The lowest BCUT2D eigenvalue weighted by molar-refractivity contribution is -0.137. The Hall–Kier alpha value is -0.970. The molecule has 18 heavy (non-hydrogen) atoms. The zero-order valence-corrected chi connectivity index (χ0v) is 11.1. The van der Waals surface area contributed by atoms with Gasteiger partial charge >= 0.3 is 6.18 Å². The summed E-state index contributed by atoms with van der Waals surface area (Å²) >= 11 is 5.90. The molecule has 2 nitrogen and oxygen atoms in total. The largest absolute Gasteiger partial charge is 0.417 e. The Kier molecular flexibility index (Phi) is 5.26. The van der Waals surface area contributed by atoms with E-state index in [1.165, 1.54) is 0 Å². The number of hydrogen-bond donors (Lipinski definition) is 0. The highest BCUT2D eigenvalue weighted by molar-refractivity contribution is 6.33. The molecule has 1 rings (SSSR count).